The number of carbonyl (C=O) groups excluding carboxylic acids is 1. The fourth-order valence-corrected chi connectivity index (χ4v) is 18.6. The second kappa shape index (κ2) is 17.4. The van der Waals surface area contributed by atoms with E-state index >= 15 is 0 Å². The molecule has 3 atom stereocenters. The maximum Gasteiger partial charge on any atom is 0.342 e. The van der Waals surface area contributed by atoms with Gasteiger partial charge in [0.15, 0.2) is 0 Å². The molecule has 51 heavy (non-hydrogen) atoms. The zero-order valence-corrected chi connectivity index (χ0v) is 34.7. The van der Waals surface area contributed by atoms with Crippen molar-refractivity contribution in [2.45, 2.75) is 135 Å². The molecule has 1 aliphatic heterocycles. The lowest BCUT2D eigenvalue weighted by atomic mass is 9.93. The molecule has 0 saturated heterocycles. The van der Waals surface area contributed by atoms with Gasteiger partial charge in [-0.3, -0.25) is 0 Å². The molecule has 0 aromatic heterocycles. The van der Waals surface area contributed by atoms with E-state index in [-0.39, 0.29) is 29.5 Å². The van der Waals surface area contributed by atoms with E-state index < -0.39 is 22.7 Å². The van der Waals surface area contributed by atoms with Gasteiger partial charge < -0.3 is 13.6 Å². The molecule has 0 fully saturated rings. The summed E-state index contributed by atoms with van der Waals surface area (Å²) in [5.41, 5.74) is 2.46. The van der Waals surface area contributed by atoms with Gasteiger partial charge in [0, 0.05) is 12.8 Å². The van der Waals surface area contributed by atoms with Crippen LogP contribution < -0.4 is 14.8 Å². The minimum atomic E-state index is -2.92. The third kappa shape index (κ3) is 8.79. The molecular weight excluding hydrogens is 663 g/mol. The average Bonchev–Trinajstić information content (AvgIpc) is 3.08. The fourth-order valence-electron chi connectivity index (χ4n) is 8.52. The van der Waals surface area contributed by atoms with Gasteiger partial charge >= 0.3 is 5.97 Å². The number of rotatable bonds is 11. The number of allylic oxidation sites excluding steroid dienone is 2. The standard InChI is InChI=1S/C44H61NO4Si2/c1-32(2)50(33(3)4,34(5)6)48-40-29-19-23-36-22-18-17-21-35(7)41(31-37(24-20-30-45)47-43(46)42(36)40)49-51(44(8,9)10,38-25-13-11-14-26-38)39-27-15-12-16-28-39/h11-19,23,25-29,32-35,37,41H,20-22,24,31H2,1-10H3/b18-17+/t35-,37-,41+/m1/s1. The molecule has 4 rings (SSSR count). The van der Waals surface area contributed by atoms with Crippen LogP contribution in [-0.2, 0) is 15.6 Å². The molecule has 0 bridgehead atoms. The zero-order chi connectivity index (χ0) is 37.4. The Morgan fingerprint density at radius 1 is 0.843 bits per heavy atom. The number of ether oxygens (including phenoxy) is 1. The number of fused-ring (bicyclic) bond motifs is 1. The minimum Gasteiger partial charge on any atom is -0.542 e. The van der Waals surface area contributed by atoms with Gasteiger partial charge in [0.05, 0.1) is 12.2 Å². The van der Waals surface area contributed by atoms with E-state index in [0.29, 0.717) is 47.2 Å². The number of hydrogen-bond donors (Lipinski definition) is 0. The van der Waals surface area contributed by atoms with Crippen LogP contribution in [0.4, 0.5) is 0 Å². The molecule has 0 aliphatic carbocycles. The van der Waals surface area contributed by atoms with Gasteiger partial charge in [-0.15, -0.1) is 0 Å². The Morgan fingerprint density at radius 2 is 1.41 bits per heavy atom. The van der Waals surface area contributed by atoms with Crippen molar-refractivity contribution in [2.24, 2.45) is 5.92 Å². The second-order valence-corrected chi connectivity index (χ2v) is 26.0. The van der Waals surface area contributed by atoms with Crippen molar-refractivity contribution in [1.29, 1.82) is 5.26 Å². The summed E-state index contributed by atoms with van der Waals surface area (Å²) < 4.78 is 21.4. The van der Waals surface area contributed by atoms with Gasteiger partial charge in [-0.05, 0) is 68.8 Å². The van der Waals surface area contributed by atoms with Gasteiger partial charge in [0.25, 0.3) is 16.6 Å². The van der Waals surface area contributed by atoms with Crippen LogP contribution in [0.5, 0.6) is 5.75 Å². The molecule has 0 N–H and O–H groups in total. The third-order valence-corrected chi connectivity index (χ3v) is 22.1. The van der Waals surface area contributed by atoms with Gasteiger partial charge in [-0.25, -0.2) is 4.79 Å². The quantitative estimate of drug-likeness (QED) is 0.112. The van der Waals surface area contributed by atoms with Crippen molar-refractivity contribution in [3.63, 3.8) is 0 Å². The Kier molecular flexibility index (Phi) is 13.7. The topological polar surface area (TPSA) is 68.5 Å². The van der Waals surface area contributed by atoms with E-state index in [1.54, 1.807) is 0 Å². The maximum atomic E-state index is 14.6. The van der Waals surface area contributed by atoms with Crippen LogP contribution >= 0.6 is 0 Å². The van der Waals surface area contributed by atoms with Crippen molar-refractivity contribution in [3.05, 3.63) is 102 Å². The first kappa shape index (κ1) is 40.3. The van der Waals surface area contributed by atoms with Crippen LogP contribution in [0.3, 0.4) is 0 Å². The number of cyclic esters (lactones) is 1. The monoisotopic (exact) mass is 723 g/mol. The molecule has 0 unspecified atom stereocenters. The van der Waals surface area contributed by atoms with E-state index in [9.17, 15) is 10.1 Å². The van der Waals surface area contributed by atoms with Crippen LogP contribution in [0.2, 0.25) is 21.7 Å². The third-order valence-electron chi connectivity index (χ3n) is 11.0. The van der Waals surface area contributed by atoms with Crippen LogP contribution in [0, 0.1) is 17.2 Å². The largest absolute Gasteiger partial charge is 0.542 e. The SMILES string of the molecule is CC(C)[Si](Oc1cccc2c1C(=O)O[C@H](CCC#N)C[C@H](O[Si](c1ccccc1)(c1ccccc1)C(C)(C)C)[C@H](C)C/C=C/C2)(C(C)C)C(C)C. The Labute approximate surface area is 310 Å². The number of nitriles is 1. The van der Waals surface area contributed by atoms with Crippen molar-refractivity contribution in [3.8, 4) is 11.8 Å². The smallest absolute Gasteiger partial charge is 0.342 e. The van der Waals surface area contributed by atoms with Crippen LogP contribution in [0.15, 0.2) is 91.0 Å². The Morgan fingerprint density at radius 3 is 1.92 bits per heavy atom. The molecule has 274 valence electrons. The van der Waals surface area contributed by atoms with E-state index in [0.717, 1.165) is 12.0 Å². The van der Waals surface area contributed by atoms with Crippen LogP contribution in [0.1, 0.15) is 111 Å². The minimum absolute atomic E-state index is 0.134. The van der Waals surface area contributed by atoms with Crippen molar-refractivity contribution in [2.75, 3.05) is 0 Å². The van der Waals surface area contributed by atoms with Gasteiger partial charge in [0.1, 0.15) is 17.4 Å². The van der Waals surface area contributed by atoms with E-state index in [1.165, 1.54) is 10.4 Å². The summed E-state index contributed by atoms with van der Waals surface area (Å²) in [7, 11) is -5.30. The summed E-state index contributed by atoms with van der Waals surface area (Å²) in [5.74, 6) is 0.376. The fraction of sp³-hybridized carbons (Fsp3) is 0.500. The lowest BCUT2D eigenvalue weighted by Gasteiger charge is -2.46. The molecule has 1 heterocycles. The first-order valence-corrected chi connectivity index (χ1v) is 23.1. The summed E-state index contributed by atoms with van der Waals surface area (Å²) in [4.78, 5) is 14.6. The van der Waals surface area contributed by atoms with Gasteiger partial charge in [0.2, 0.25) is 0 Å². The van der Waals surface area contributed by atoms with Crippen molar-refractivity contribution >= 4 is 33.0 Å². The highest BCUT2D eigenvalue weighted by Gasteiger charge is 2.52. The molecule has 0 radical (unpaired) electrons. The van der Waals surface area contributed by atoms with Gasteiger partial charge in [-0.2, -0.15) is 5.26 Å². The number of benzene rings is 3. The highest BCUT2D eigenvalue weighted by molar-refractivity contribution is 6.99. The highest BCUT2D eigenvalue weighted by atomic mass is 28.4. The molecule has 3 aromatic carbocycles. The summed E-state index contributed by atoms with van der Waals surface area (Å²) in [6.45, 7) is 22.7. The molecule has 0 amide bonds. The number of carbonyl (C=O) groups is 1. The highest BCUT2D eigenvalue weighted by Crippen LogP contribution is 2.44. The lowest BCUT2D eigenvalue weighted by Crippen LogP contribution is -2.68. The van der Waals surface area contributed by atoms with Crippen LogP contribution in [0.25, 0.3) is 0 Å². The molecule has 3 aromatic rings. The van der Waals surface area contributed by atoms with E-state index in [1.807, 2.05) is 18.2 Å². The summed E-state index contributed by atoms with van der Waals surface area (Å²) >= 11 is 0. The molecule has 0 saturated carbocycles. The Bertz CT molecular complexity index is 1580. The predicted molar refractivity (Wildman–Crippen MR) is 216 cm³/mol. The second-order valence-electron chi connectivity index (χ2n) is 16.4. The molecule has 0 spiro atoms. The van der Waals surface area contributed by atoms with E-state index in [2.05, 4.69) is 148 Å². The average molecular weight is 724 g/mol. The summed E-state index contributed by atoms with van der Waals surface area (Å²) in [6.07, 6.45) is 6.32. The molecule has 1 aliphatic rings. The Balaban J connectivity index is 1.84. The first-order valence-electron chi connectivity index (χ1n) is 19.0. The predicted octanol–water partition coefficient (Wildman–Crippen LogP) is 10.5. The number of esters is 1. The summed E-state index contributed by atoms with van der Waals surface area (Å²) in [5, 5.41) is 11.9. The first-order chi connectivity index (χ1) is 24.2. The summed E-state index contributed by atoms with van der Waals surface area (Å²) in [6, 6.07) is 29.7. The van der Waals surface area contributed by atoms with Crippen molar-refractivity contribution < 1.29 is 18.4 Å². The maximum absolute atomic E-state index is 14.6. The van der Waals surface area contributed by atoms with Gasteiger partial charge in [-0.1, -0.05) is 154 Å². The number of hydrogen-bond acceptors (Lipinski definition) is 5. The van der Waals surface area contributed by atoms with Crippen LogP contribution in [-0.4, -0.2) is 34.8 Å². The molecule has 7 heteroatoms. The zero-order valence-electron chi connectivity index (χ0n) is 32.7. The number of nitrogens with zero attached hydrogens (tertiary/aromatic N) is 1. The molecular formula is C44H61NO4Si2. The lowest BCUT2D eigenvalue weighted by molar-refractivity contribution is 0.00711. The van der Waals surface area contributed by atoms with E-state index in [4.69, 9.17) is 13.6 Å². The normalized spacial score (nSPS) is 19.8. The molecule has 5 nitrogen and oxygen atoms in total. The Hall–Kier alpha value is -3.45. The van der Waals surface area contributed by atoms with Crippen molar-refractivity contribution in [1.82, 2.24) is 0 Å².